The standard InChI is InChI=1S/C16H14ClN7O2/c17-21-7-12-22(9-21)11-4-2-1-3-10(11)13-18-8-23(24(12)13)15-19-14(20-26-15)16(25)5-6-16/h1-4,7,25H,5-6,8-9H2. The van der Waals surface area contributed by atoms with Crippen molar-refractivity contribution in [3.8, 4) is 0 Å². The molecule has 1 aromatic heterocycles. The summed E-state index contributed by atoms with van der Waals surface area (Å²) in [6, 6.07) is 8.36. The molecule has 10 heteroatoms. The molecule has 1 saturated carbocycles. The predicted octanol–water partition coefficient (Wildman–Crippen LogP) is 1.54. The van der Waals surface area contributed by atoms with Gasteiger partial charge in [-0.3, -0.25) is 4.42 Å². The van der Waals surface area contributed by atoms with Crippen LogP contribution in [-0.4, -0.2) is 43.8 Å². The Hall–Kier alpha value is -2.78. The summed E-state index contributed by atoms with van der Waals surface area (Å²) in [5.74, 6) is 1.99. The van der Waals surface area contributed by atoms with Gasteiger partial charge in [0.25, 0.3) is 0 Å². The molecule has 0 unspecified atom stereocenters. The monoisotopic (exact) mass is 371 g/mol. The first-order valence-corrected chi connectivity index (χ1v) is 8.68. The van der Waals surface area contributed by atoms with Crippen LogP contribution in [-0.2, 0) is 5.60 Å². The zero-order valence-electron chi connectivity index (χ0n) is 13.6. The SMILES string of the molecule is OC1(c2noc(N3CN=C4c5ccccc5N5CN(Cl)C=C5N43)n2)CC1. The van der Waals surface area contributed by atoms with Gasteiger partial charge in [-0.2, -0.15) is 4.98 Å². The van der Waals surface area contributed by atoms with Crippen molar-refractivity contribution in [2.75, 3.05) is 23.2 Å². The minimum absolute atomic E-state index is 0.298. The van der Waals surface area contributed by atoms with Crippen molar-refractivity contribution in [3.63, 3.8) is 0 Å². The molecule has 9 nitrogen and oxygen atoms in total. The Morgan fingerprint density at radius 1 is 1.23 bits per heavy atom. The number of rotatable bonds is 2. The third-order valence-corrected chi connectivity index (χ3v) is 5.24. The normalized spacial score (nSPS) is 22.1. The molecule has 0 spiro atoms. The summed E-state index contributed by atoms with van der Waals surface area (Å²) in [4.78, 5) is 11.2. The van der Waals surface area contributed by atoms with Gasteiger partial charge >= 0.3 is 6.01 Å². The molecule has 132 valence electrons. The van der Waals surface area contributed by atoms with Crippen molar-refractivity contribution in [3.05, 3.63) is 47.7 Å². The minimum atomic E-state index is -0.939. The van der Waals surface area contributed by atoms with Crippen LogP contribution in [0.25, 0.3) is 0 Å². The summed E-state index contributed by atoms with van der Waals surface area (Å²) in [5, 5.41) is 17.9. The van der Waals surface area contributed by atoms with Crippen LogP contribution in [0.5, 0.6) is 0 Å². The Morgan fingerprint density at radius 3 is 2.92 bits per heavy atom. The zero-order valence-corrected chi connectivity index (χ0v) is 14.3. The molecule has 0 radical (unpaired) electrons. The number of hydrogen-bond acceptors (Lipinski definition) is 9. The number of para-hydroxylation sites is 1. The minimum Gasteiger partial charge on any atom is -0.382 e. The smallest absolute Gasteiger partial charge is 0.345 e. The highest BCUT2D eigenvalue weighted by Gasteiger charge is 2.48. The fourth-order valence-electron chi connectivity index (χ4n) is 3.52. The van der Waals surface area contributed by atoms with E-state index in [1.54, 1.807) is 9.43 Å². The summed E-state index contributed by atoms with van der Waals surface area (Å²) < 4.78 is 7.02. The van der Waals surface area contributed by atoms with Crippen LogP contribution >= 0.6 is 11.8 Å². The Balaban J connectivity index is 1.45. The second-order valence-corrected chi connectivity index (χ2v) is 7.17. The first kappa shape index (κ1) is 14.4. The van der Waals surface area contributed by atoms with Crippen LogP contribution in [0.4, 0.5) is 11.7 Å². The van der Waals surface area contributed by atoms with Gasteiger partial charge in [0, 0.05) is 17.3 Å². The maximum atomic E-state index is 10.2. The van der Waals surface area contributed by atoms with Crippen molar-refractivity contribution in [1.29, 1.82) is 0 Å². The third-order valence-electron chi connectivity index (χ3n) is 5.03. The van der Waals surface area contributed by atoms with Crippen LogP contribution in [0.3, 0.4) is 0 Å². The summed E-state index contributed by atoms with van der Waals surface area (Å²) in [6.07, 6.45) is 3.16. The van der Waals surface area contributed by atoms with Gasteiger partial charge in [-0.15, -0.1) is 0 Å². The van der Waals surface area contributed by atoms with E-state index in [1.807, 2.05) is 29.4 Å². The van der Waals surface area contributed by atoms with Gasteiger partial charge in [-0.25, -0.2) is 15.0 Å². The molecule has 4 heterocycles. The number of hydrogen-bond donors (Lipinski definition) is 1. The average Bonchev–Trinajstić information content (AvgIpc) is 3.05. The van der Waals surface area contributed by atoms with Gasteiger partial charge in [-0.1, -0.05) is 17.3 Å². The quantitative estimate of drug-likeness (QED) is 0.796. The van der Waals surface area contributed by atoms with E-state index < -0.39 is 5.60 Å². The number of aromatic nitrogens is 2. The molecule has 0 saturated heterocycles. The van der Waals surface area contributed by atoms with Crippen molar-refractivity contribution in [2.45, 2.75) is 18.4 Å². The Bertz CT molecular complexity index is 982. The van der Waals surface area contributed by atoms with E-state index in [2.05, 4.69) is 26.1 Å². The molecule has 3 aliphatic heterocycles. The summed E-state index contributed by atoms with van der Waals surface area (Å²) in [7, 11) is 0. The van der Waals surface area contributed by atoms with E-state index >= 15 is 0 Å². The molecule has 0 atom stereocenters. The van der Waals surface area contributed by atoms with Crippen LogP contribution in [0.15, 0.2) is 45.8 Å². The highest BCUT2D eigenvalue weighted by molar-refractivity contribution is 6.15. The van der Waals surface area contributed by atoms with Crippen LogP contribution in [0, 0.1) is 0 Å². The lowest BCUT2D eigenvalue weighted by Gasteiger charge is -2.38. The molecule has 0 amide bonds. The largest absolute Gasteiger partial charge is 0.382 e. The molecule has 1 fully saturated rings. The topological polar surface area (TPSA) is 84.5 Å². The molecular weight excluding hydrogens is 358 g/mol. The summed E-state index contributed by atoms with van der Waals surface area (Å²) in [5.41, 5.74) is 1.13. The molecule has 4 aliphatic rings. The van der Waals surface area contributed by atoms with Crippen molar-refractivity contribution >= 4 is 29.3 Å². The highest BCUT2D eigenvalue weighted by atomic mass is 35.5. The number of benzene rings is 1. The van der Waals surface area contributed by atoms with Gasteiger partial charge in [0.05, 0.1) is 11.9 Å². The van der Waals surface area contributed by atoms with E-state index in [-0.39, 0.29) is 0 Å². The fourth-order valence-corrected chi connectivity index (χ4v) is 3.71. The second kappa shape index (κ2) is 4.68. The van der Waals surface area contributed by atoms with Crippen molar-refractivity contribution in [2.24, 2.45) is 4.99 Å². The number of fused-ring (bicyclic) bond motifs is 6. The van der Waals surface area contributed by atoms with E-state index in [0.717, 1.165) is 22.9 Å². The number of amidine groups is 1. The number of halogens is 1. The van der Waals surface area contributed by atoms with Gasteiger partial charge in [-0.05, 0) is 25.0 Å². The van der Waals surface area contributed by atoms with Gasteiger partial charge in [0.2, 0.25) is 5.82 Å². The van der Waals surface area contributed by atoms with Gasteiger partial charge in [0.1, 0.15) is 18.9 Å². The number of anilines is 2. The maximum absolute atomic E-state index is 10.2. The maximum Gasteiger partial charge on any atom is 0.345 e. The highest BCUT2D eigenvalue weighted by Crippen LogP contribution is 2.45. The molecule has 1 N–H and O–H groups in total. The molecular formula is C16H14ClN7O2. The second-order valence-electron chi connectivity index (χ2n) is 6.74. The third kappa shape index (κ3) is 1.81. The van der Waals surface area contributed by atoms with Crippen LogP contribution in [0.2, 0.25) is 0 Å². The first-order valence-electron chi connectivity index (χ1n) is 8.34. The fraction of sp³-hybridized carbons (Fsp3) is 0.312. The molecule has 2 aromatic rings. The molecule has 26 heavy (non-hydrogen) atoms. The molecule has 1 aliphatic carbocycles. The van der Waals surface area contributed by atoms with Crippen molar-refractivity contribution in [1.82, 2.24) is 19.6 Å². The lowest BCUT2D eigenvalue weighted by Crippen LogP contribution is -2.49. The van der Waals surface area contributed by atoms with E-state index in [4.69, 9.17) is 16.3 Å². The Labute approximate surface area is 153 Å². The van der Waals surface area contributed by atoms with E-state index in [1.165, 1.54) is 0 Å². The number of aliphatic hydroxyl groups is 1. The van der Waals surface area contributed by atoms with E-state index in [9.17, 15) is 5.11 Å². The Kier molecular flexibility index (Phi) is 2.59. The zero-order chi connectivity index (χ0) is 17.5. The summed E-state index contributed by atoms with van der Waals surface area (Å²) >= 11 is 6.26. The van der Waals surface area contributed by atoms with Gasteiger partial charge in [0.15, 0.2) is 11.7 Å². The van der Waals surface area contributed by atoms with E-state index in [0.29, 0.717) is 38.0 Å². The van der Waals surface area contributed by atoms with Crippen molar-refractivity contribution < 1.29 is 9.63 Å². The number of nitrogens with zero attached hydrogens (tertiary/aromatic N) is 7. The van der Waals surface area contributed by atoms with Crippen LogP contribution < -0.4 is 9.91 Å². The molecule has 0 bridgehead atoms. The lowest BCUT2D eigenvalue weighted by molar-refractivity contribution is 0.137. The van der Waals surface area contributed by atoms with Gasteiger partial charge < -0.3 is 14.5 Å². The predicted molar refractivity (Wildman–Crippen MR) is 92.7 cm³/mol. The lowest BCUT2D eigenvalue weighted by atomic mass is 10.1. The molecule has 1 aromatic carbocycles. The number of aliphatic imine (C=N–C) groups is 1. The average molecular weight is 372 g/mol. The Morgan fingerprint density at radius 2 is 2.08 bits per heavy atom. The summed E-state index contributed by atoms with van der Waals surface area (Å²) in [6.45, 7) is 0.873. The number of hydrazine groups is 1. The van der Waals surface area contributed by atoms with Crippen LogP contribution in [0.1, 0.15) is 24.2 Å². The first-order chi connectivity index (χ1) is 12.6. The molecule has 6 rings (SSSR count).